The van der Waals surface area contributed by atoms with Gasteiger partial charge in [-0.3, -0.25) is 9.59 Å². The van der Waals surface area contributed by atoms with E-state index in [-0.39, 0.29) is 30.4 Å². The summed E-state index contributed by atoms with van der Waals surface area (Å²) in [6.07, 6.45) is 0.484. The number of rotatable bonds is 9. The van der Waals surface area contributed by atoms with Crippen LogP contribution in [0.15, 0.2) is 48.5 Å². The number of hydrogen-bond donors (Lipinski definition) is 1. The van der Waals surface area contributed by atoms with Crippen molar-refractivity contribution in [2.24, 2.45) is 0 Å². The molecule has 2 aromatic rings. The summed E-state index contributed by atoms with van der Waals surface area (Å²) >= 11 is 0. The SMILES string of the molecule is CCC(C(=O)NC(C)(C)C)N(Cc1cccc(OC)c1)C(=O)COc1ccc(C(C)(C)C)cc1. The molecule has 0 heterocycles. The molecular weight excluding hydrogens is 428 g/mol. The summed E-state index contributed by atoms with van der Waals surface area (Å²) in [5.41, 5.74) is 1.71. The van der Waals surface area contributed by atoms with E-state index in [1.807, 2.05) is 76.2 Å². The number of methoxy groups -OCH3 is 1. The molecule has 1 N–H and O–H groups in total. The van der Waals surface area contributed by atoms with E-state index in [4.69, 9.17) is 9.47 Å². The van der Waals surface area contributed by atoms with Gasteiger partial charge in [0.2, 0.25) is 5.91 Å². The van der Waals surface area contributed by atoms with Crippen molar-refractivity contribution in [2.45, 2.75) is 78.4 Å². The molecule has 0 bridgehead atoms. The minimum Gasteiger partial charge on any atom is -0.497 e. The molecule has 186 valence electrons. The minimum atomic E-state index is -0.621. The number of carbonyl (C=O) groups excluding carboxylic acids is 2. The second-order valence-corrected chi connectivity index (χ2v) is 10.6. The van der Waals surface area contributed by atoms with Crippen molar-refractivity contribution < 1.29 is 19.1 Å². The minimum absolute atomic E-state index is 0.0383. The molecule has 0 aliphatic rings. The third-order valence-corrected chi connectivity index (χ3v) is 5.45. The van der Waals surface area contributed by atoms with E-state index in [0.717, 1.165) is 5.56 Å². The summed E-state index contributed by atoms with van der Waals surface area (Å²) in [5, 5.41) is 3.01. The molecule has 6 nitrogen and oxygen atoms in total. The lowest BCUT2D eigenvalue weighted by Crippen LogP contribution is -2.54. The van der Waals surface area contributed by atoms with Crippen LogP contribution in [0.4, 0.5) is 0 Å². The van der Waals surface area contributed by atoms with Crippen molar-refractivity contribution in [2.75, 3.05) is 13.7 Å². The topological polar surface area (TPSA) is 67.9 Å². The van der Waals surface area contributed by atoms with Gasteiger partial charge in [-0.2, -0.15) is 0 Å². The van der Waals surface area contributed by atoms with Gasteiger partial charge in [0.15, 0.2) is 6.61 Å². The van der Waals surface area contributed by atoms with Gasteiger partial charge in [0.05, 0.1) is 7.11 Å². The van der Waals surface area contributed by atoms with Crippen LogP contribution in [0.25, 0.3) is 0 Å². The van der Waals surface area contributed by atoms with Crippen molar-refractivity contribution in [3.8, 4) is 11.5 Å². The number of hydrogen-bond acceptors (Lipinski definition) is 4. The van der Waals surface area contributed by atoms with Crippen molar-refractivity contribution in [3.05, 3.63) is 59.7 Å². The Morgan fingerprint density at radius 3 is 2.15 bits per heavy atom. The first-order valence-electron chi connectivity index (χ1n) is 11.8. The second kappa shape index (κ2) is 11.4. The van der Waals surface area contributed by atoms with Crippen molar-refractivity contribution in [3.63, 3.8) is 0 Å². The fraction of sp³-hybridized carbons (Fsp3) is 0.500. The maximum Gasteiger partial charge on any atom is 0.261 e. The molecule has 0 aliphatic heterocycles. The maximum absolute atomic E-state index is 13.4. The zero-order valence-corrected chi connectivity index (χ0v) is 21.9. The van der Waals surface area contributed by atoms with Crippen molar-refractivity contribution >= 4 is 11.8 Å². The van der Waals surface area contributed by atoms with Gasteiger partial charge in [0.25, 0.3) is 5.91 Å². The van der Waals surface area contributed by atoms with Crippen molar-refractivity contribution in [1.82, 2.24) is 10.2 Å². The van der Waals surface area contributed by atoms with E-state index in [1.54, 1.807) is 12.0 Å². The van der Waals surface area contributed by atoms with Crippen LogP contribution in [-0.2, 0) is 21.5 Å². The molecule has 2 rings (SSSR count). The first-order valence-corrected chi connectivity index (χ1v) is 11.8. The van der Waals surface area contributed by atoms with Gasteiger partial charge in [-0.15, -0.1) is 0 Å². The Labute approximate surface area is 204 Å². The van der Waals surface area contributed by atoms with Gasteiger partial charge in [-0.1, -0.05) is 52.0 Å². The summed E-state index contributed by atoms with van der Waals surface area (Å²) in [6, 6.07) is 14.7. The van der Waals surface area contributed by atoms with Gasteiger partial charge < -0.3 is 19.7 Å². The fourth-order valence-electron chi connectivity index (χ4n) is 3.62. The fourth-order valence-corrected chi connectivity index (χ4v) is 3.62. The molecule has 1 atom stereocenters. The third kappa shape index (κ3) is 8.08. The molecule has 0 spiro atoms. The number of benzene rings is 2. The largest absolute Gasteiger partial charge is 0.497 e. The molecule has 0 saturated carbocycles. The Kier molecular flexibility index (Phi) is 9.14. The van der Waals surface area contributed by atoms with E-state index in [2.05, 4.69) is 26.1 Å². The first-order chi connectivity index (χ1) is 15.8. The van der Waals surface area contributed by atoms with Gasteiger partial charge in [0, 0.05) is 12.1 Å². The molecular formula is C28H40N2O4. The highest BCUT2D eigenvalue weighted by molar-refractivity contribution is 5.88. The first kappa shape index (κ1) is 27.2. The van der Waals surface area contributed by atoms with Crippen molar-refractivity contribution in [1.29, 1.82) is 0 Å². The molecule has 2 aromatic carbocycles. The van der Waals surface area contributed by atoms with Gasteiger partial charge in [-0.05, 0) is 68.0 Å². The van der Waals surface area contributed by atoms with E-state index in [0.29, 0.717) is 17.9 Å². The number of amides is 2. The lowest BCUT2D eigenvalue weighted by atomic mass is 9.87. The van der Waals surface area contributed by atoms with E-state index in [1.165, 1.54) is 5.56 Å². The predicted molar refractivity (Wildman–Crippen MR) is 136 cm³/mol. The zero-order chi connectivity index (χ0) is 25.5. The summed E-state index contributed by atoms with van der Waals surface area (Å²) in [7, 11) is 1.60. The normalized spacial score (nSPS) is 12.6. The molecule has 0 saturated heterocycles. The van der Waals surface area contributed by atoms with Gasteiger partial charge in [-0.25, -0.2) is 0 Å². The van der Waals surface area contributed by atoms with Gasteiger partial charge in [0.1, 0.15) is 17.5 Å². The third-order valence-electron chi connectivity index (χ3n) is 5.45. The van der Waals surface area contributed by atoms with Crippen LogP contribution in [0.2, 0.25) is 0 Å². The molecule has 34 heavy (non-hydrogen) atoms. The smallest absolute Gasteiger partial charge is 0.261 e. The highest BCUT2D eigenvalue weighted by atomic mass is 16.5. The molecule has 1 unspecified atom stereocenters. The van der Waals surface area contributed by atoms with Crippen LogP contribution < -0.4 is 14.8 Å². The van der Waals surface area contributed by atoms with Gasteiger partial charge >= 0.3 is 0 Å². The lowest BCUT2D eigenvalue weighted by molar-refractivity contribution is -0.143. The summed E-state index contributed by atoms with van der Waals surface area (Å²) in [5.74, 6) is 0.890. The average molecular weight is 469 g/mol. The predicted octanol–water partition coefficient (Wildman–Crippen LogP) is 5.09. The summed E-state index contributed by atoms with van der Waals surface area (Å²) < 4.78 is 11.2. The second-order valence-electron chi connectivity index (χ2n) is 10.6. The maximum atomic E-state index is 13.4. The Bertz CT molecular complexity index is 956. The average Bonchev–Trinajstić information content (AvgIpc) is 2.76. The highest BCUT2D eigenvalue weighted by Crippen LogP contribution is 2.24. The van der Waals surface area contributed by atoms with Crippen LogP contribution in [0.5, 0.6) is 11.5 Å². The monoisotopic (exact) mass is 468 g/mol. The van der Waals surface area contributed by atoms with Crippen LogP contribution in [-0.4, -0.2) is 42.0 Å². The Morgan fingerprint density at radius 2 is 1.62 bits per heavy atom. The van der Waals surface area contributed by atoms with E-state index < -0.39 is 11.6 Å². The Morgan fingerprint density at radius 1 is 0.971 bits per heavy atom. The number of nitrogens with one attached hydrogen (secondary N) is 1. The Hall–Kier alpha value is -3.02. The van der Waals surface area contributed by atoms with E-state index >= 15 is 0 Å². The van der Waals surface area contributed by atoms with Crippen LogP contribution in [0.1, 0.15) is 66.0 Å². The summed E-state index contributed by atoms with van der Waals surface area (Å²) in [4.78, 5) is 28.0. The standard InChI is InChI=1S/C28H40N2O4/c1-9-24(26(32)29-28(5,6)7)30(18-20-11-10-12-23(17-20)33-8)25(31)19-34-22-15-13-21(14-16-22)27(2,3)4/h10-17,24H,9,18-19H2,1-8H3,(H,29,32). The Balaban J connectivity index is 2.24. The molecule has 0 radical (unpaired) electrons. The number of nitrogens with zero attached hydrogens (tertiary/aromatic N) is 1. The molecule has 2 amide bonds. The van der Waals surface area contributed by atoms with Crippen LogP contribution in [0, 0.1) is 0 Å². The molecule has 0 fully saturated rings. The molecule has 6 heteroatoms. The van der Waals surface area contributed by atoms with Crippen LogP contribution in [0.3, 0.4) is 0 Å². The highest BCUT2D eigenvalue weighted by Gasteiger charge is 2.31. The van der Waals surface area contributed by atoms with Crippen LogP contribution >= 0.6 is 0 Å². The number of ether oxygens (including phenoxy) is 2. The number of carbonyl (C=O) groups is 2. The zero-order valence-electron chi connectivity index (χ0n) is 21.9. The quantitative estimate of drug-likeness (QED) is 0.556. The molecule has 0 aliphatic carbocycles. The lowest BCUT2D eigenvalue weighted by Gasteiger charge is -2.33. The molecule has 0 aromatic heterocycles. The van der Waals surface area contributed by atoms with E-state index in [9.17, 15) is 9.59 Å². The summed E-state index contributed by atoms with van der Waals surface area (Å²) in [6.45, 7) is 14.3.